The third-order valence-corrected chi connectivity index (χ3v) is 5.11. The Balaban J connectivity index is 1.92. The minimum Gasteiger partial charge on any atom is -0.399 e. The molecular weight excluding hydrogens is 354 g/mol. The summed E-state index contributed by atoms with van der Waals surface area (Å²) < 4.78 is 0. The van der Waals surface area contributed by atoms with Crippen molar-refractivity contribution < 1.29 is 0 Å². The number of aromatic nitrogens is 2. The fraction of sp³-hybridized carbons (Fsp3) is 0.167. The van der Waals surface area contributed by atoms with Crippen LogP contribution in [0, 0.1) is 0 Å². The van der Waals surface area contributed by atoms with Gasteiger partial charge in [0.05, 0.1) is 11.8 Å². The molecular formula is C18H16ClN5S. The van der Waals surface area contributed by atoms with Crippen molar-refractivity contribution in [1.82, 2.24) is 10.2 Å². The number of nitrogens with zero attached hydrogens (tertiary/aromatic N) is 4. The van der Waals surface area contributed by atoms with E-state index < -0.39 is 0 Å². The van der Waals surface area contributed by atoms with Crippen molar-refractivity contribution in [2.75, 3.05) is 10.7 Å². The molecule has 0 saturated carbocycles. The lowest BCUT2D eigenvalue weighted by molar-refractivity contribution is 0.653. The summed E-state index contributed by atoms with van der Waals surface area (Å²) in [6.45, 7) is 2.13. The molecule has 0 bridgehead atoms. The summed E-state index contributed by atoms with van der Waals surface area (Å²) in [5.41, 5.74) is 12.4. The van der Waals surface area contributed by atoms with Crippen LogP contribution in [-0.4, -0.2) is 22.0 Å². The molecule has 1 unspecified atom stereocenters. The minimum absolute atomic E-state index is 0.152. The van der Waals surface area contributed by atoms with Gasteiger partial charge in [0.15, 0.2) is 0 Å². The van der Waals surface area contributed by atoms with Crippen LogP contribution in [0.25, 0.3) is 0 Å². The van der Waals surface area contributed by atoms with Gasteiger partial charge in [0, 0.05) is 21.8 Å². The van der Waals surface area contributed by atoms with Crippen molar-refractivity contribution in [2.45, 2.75) is 19.4 Å². The molecule has 0 amide bonds. The molecule has 0 radical (unpaired) electrons. The predicted molar refractivity (Wildman–Crippen MR) is 103 cm³/mol. The third kappa shape index (κ3) is 3.10. The van der Waals surface area contributed by atoms with E-state index in [-0.39, 0.29) is 6.04 Å². The van der Waals surface area contributed by atoms with E-state index in [0.717, 1.165) is 34.1 Å². The van der Waals surface area contributed by atoms with E-state index in [4.69, 9.17) is 22.4 Å². The highest BCUT2D eigenvalue weighted by molar-refractivity contribution is 7.13. The molecule has 2 aromatic carbocycles. The summed E-state index contributed by atoms with van der Waals surface area (Å²) in [5.74, 6) is 0. The first kappa shape index (κ1) is 16.1. The average Bonchev–Trinajstić information content (AvgIpc) is 3.08. The second-order valence-electron chi connectivity index (χ2n) is 5.99. The van der Waals surface area contributed by atoms with Crippen molar-refractivity contribution in [2.24, 2.45) is 5.10 Å². The van der Waals surface area contributed by atoms with E-state index in [9.17, 15) is 0 Å². The van der Waals surface area contributed by atoms with E-state index in [0.29, 0.717) is 5.02 Å². The first-order valence-corrected chi connectivity index (χ1v) is 9.16. The Morgan fingerprint density at radius 1 is 1.20 bits per heavy atom. The molecule has 0 fully saturated rings. The summed E-state index contributed by atoms with van der Waals surface area (Å²) in [6, 6.07) is 13.8. The number of rotatable bonds is 2. The molecule has 0 saturated heterocycles. The second kappa shape index (κ2) is 6.46. The fourth-order valence-corrected chi connectivity index (χ4v) is 3.75. The van der Waals surface area contributed by atoms with Gasteiger partial charge in [-0.25, -0.2) is 5.01 Å². The van der Waals surface area contributed by atoms with Crippen LogP contribution in [0.5, 0.6) is 0 Å². The fourth-order valence-electron chi connectivity index (χ4n) is 2.96. The van der Waals surface area contributed by atoms with Crippen LogP contribution in [0.2, 0.25) is 5.02 Å². The van der Waals surface area contributed by atoms with E-state index in [2.05, 4.69) is 23.2 Å². The molecule has 0 spiro atoms. The van der Waals surface area contributed by atoms with Gasteiger partial charge < -0.3 is 5.73 Å². The standard InChI is InChI=1S/C18H16ClN5S/c1-11-8-13-2-5-14(19)9-16(13)17(12-3-6-15(20)7-4-12)23-24(11)18-22-21-10-25-18/h2-7,9-11H,8,20H2,1H3. The molecule has 4 rings (SSSR count). The van der Waals surface area contributed by atoms with Gasteiger partial charge in [-0.3, -0.25) is 0 Å². The van der Waals surface area contributed by atoms with Gasteiger partial charge in [0.25, 0.3) is 0 Å². The number of benzene rings is 2. The van der Waals surface area contributed by atoms with Crippen molar-refractivity contribution in [3.05, 3.63) is 69.7 Å². The molecule has 2 heterocycles. The van der Waals surface area contributed by atoms with Gasteiger partial charge in [0.1, 0.15) is 5.51 Å². The van der Waals surface area contributed by atoms with E-state index in [1.165, 1.54) is 16.9 Å². The topological polar surface area (TPSA) is 67.4 Å². The van der Waals surface area contributed by atoms with Crippen LogP contribution in [0.15, 0.2) is 53.1 Å². The van der Waals surface area contributed by atoms with E-state index in [1.54, 1.807) is 5.51 Å². The second-order valence-corrected chi connectivity index (χ2v) is 7.24. The lowest BCUT2D eigenvalue weighted by atomic mass is 9.95. The Labute approximate surface area is 154 Å². The van der Waals surface area contributed by atoms with Gasteiger partial charge in [-0.15, -0.1) is 10.2 Å². The maximum Gasteiger partial charge on any atom is 0.228 e. The Kier molecular flexibility index (Phi) is 4.15. The molecule has 5 nitrogen and oxygen atoms in total. The van der Waals surface area contributed by atoms with Crippen LogP contribution >= 0.6 is 22.9 Å². The van der Waals surface area contributed by atoms with E-state index >= 15 is 0 Å². The number of hydrazone groups is 1. The van der Waals surface area contributed by atoms with Crippen LogP contribution in [0.4, 0.5) is 10.8 Å². The van der Waals surface area contributed by atoms with Crippen LogP contribution in [-0.2, 0) is 6.42 Å². The van der Waals surface area contributed by atoms with Crippen LogP contribution in [0.3, 0.4) is 0 Å². The zero-order valence-electron chi connectivity index (χ0n) is 13.6. The van der Waals surface area contributed by atoms with Gasteiger partial charge >= 0.3 is 0 Å². The van der Waals surface area contributed by atoms with Gasteiger partial charge in [0.2, 0.25) is 5.13 Å². The SMILES string of the molecule is CC1Cc2ccc(Cl)cc2C(c2ccc(N)cc2)=NN1c1nncs1. The summed E-state index contributed by atoms with van der Waals surface area (Å²) in [6.07, 6.45) is 0.841. The van der Waals surface area contributed by atoms with Crippen LogP contribution < -0.4 is 10.7 Å². The van der Waals surface area contributed by atoms with Crippen molar-refractivity contribution in [3.63, 3.8) is 0 Å². The molecule has 25 heavy (non-hydrogen) atoms. The maximum atomic E-state index is 6.27. The summed E-state index contributed by atoms with van der Waals surface area (Å²) in [5, 5.41) is 16.5. The van der Waals surface area contributed by atoms with Gasteiger partial charge in [-0.05, 0) is 43.2 Å². The normalized spacial score (nSPS) is 17.0. The number of fused-ring (bicyclic) bond motifs is 1. The number of halogens is 1. The first-order chi connectivity index (χ1) is 12.1. The van der Waals surface area contributed by atoms with Crippen molar-refractivity contribution in [3.8, 4) is 0 Å². The number of nitrogen functional groups attached to an aromatic ring is 1. The molecule has 1 aliphatic heterocycles. The van der Waals surface area contributed by atoms with Crippen molar-refractivity contribution in [1.29, 1.82) is 0 Å². The minimum atomic E-state index is 0.152. The van der Waals surface area contributed by atoms with Gasteiger partial charge in [-0.1, -0.05) is 41.1 Å². The molecule has 1 aliphatic rings. The Hall–Kier alpha value is -2.44. The third-order valence-electron chi connectivity index (χ3n) is 4.20. The Morgan fingerprint density at radius 2 is 2.00 bits per heavy atom. The molecule has 1 atom stereocenters. The molecule has 0 aliphatic carbocycles. The molecule has 7 heteroatoms. The zero-order valence-corrected chi connectivity index (χ0v) is 15.1. The van der Waals surface area contributed by atoms with Gasteiger partial charge in [-0.2, -0.15) is 5.10 Å². The summed E-state index contributed by atoms with van der Waals surface area (Å²) >= 11 is 7.75. The number of anilines is 2. The average molecular weight is 370 g/mol. The highest BCUT2D eigenvalue weighted by Crippen LogP contribution is 2.29. The highest BCUT2D eigenvalue weighted by atomic mass is 35.5. The first-order valence-electron chi connectivity index (χ1n) is 7.90. The Morgan fingerprint density at radius 3 is 2.72 bits per heavy atom. The monoisotopic (exact) mass is 369 g/mol. The quantitative estimate of drug-likeness (QED) is 0.694. The Bertz CT molecular complexity index is 921. The number of hydrogen-bond donors (Lipinski definition) is 1. The zero-order chi connectivity index (χ0) is 17.4. The number of hydrogen-bond acceptors (Lipinski definition) is 6. The highest BCUT2D eigenvalue weighted by Gasteiger charge is 2.25. The molecule has 1 aromatic heterocycles. The molecule has 126 valence electrons. The predicted octanol–water partition coefficient (Wildman–Crippen LogP) is 3.98. The maximum absolute atomic E-state index is 6.27. The molecule has 2 N–H and O–H groups in total. The van der Waals surface area contributed by atoms with Crippen LogP contribution in [0.1, 0.15) is 23.6 Å². The lowest BCUT2D eigenvalue weighted by Crippen LogP contribution is -2.29. The van der Waals surface area contributed by atoms with E-state index in [1.807, 2.05) is 41.4 Å². The molecule has 3 aromatic rings. The lowest BCUT2D eigenvalue weighted by Gasteiger charge is -2.21. The number of nitrogens with two attached hydrogens (primary N) is 1. The summed E-state index contributed by atoms with van der Waals surface area (Å²) in [4.78, 5) is 0. The smallest absolute Gasteiger partial charge is 0.228 e. The van der Waals surface area contributed by atoms with Crippen molar-refractivity contribution >= 4 is 39.5 Å². The summed E-state index contributed by atoms with van der Waals surface area (Å²) in [7, 11) is 0. The largest absolute Gasteiger partial charge is 0.399 e.